The maximum atomic E-state index is 11.3. The molecular weight excluding hydrogens is 328 g/mol. The average molecular weight is 348 g/mol. The van der Waals surface area contributed by atoms with Crippen LogP contribution in [0.3, 0.4) is 0 Å². The van der Waals surface area contributed by atoms with Crippen LogP contribution < -0.4 is 0 Å². The second kappa shape index (κ2) is 8.60. The fourth-order valence-electron chi connectivity index (χ4n) is 2.21. The smallest absolute Gasteiger partial charge is 0.303 e. The van der Waals surface area contributed by atoms with Gasteiger partial charge in [-0.3, -0.25) is 19.2 Å². The zero-order valence-electron chi connectivity index (χ0n) is 13.7. The van der Waals surface area contributed by atoms with E-state index in [1.807, 2.05) is 0 Å². The van der Waals surface area contributed by atoms with Gasteiger partial charge in [0.05, 0.1) is 0 Å². The minimum absolute atomic E-state index is 0.366. The van der Waals surface area contributed by atoms with Crippen molar-refractivity contribution >= 4 is 23.9 Å². The highest BCUT2D eigenvalue weighted by Crippen LogP contribution is 2.28. The molecule has 0 saturated carbocycles. The topological polar surface area (TPSA) is 135 Å². The largest absolute Gasteiger partial charge is 0.463 e. The summed E-state index contributed by atoms with van der Waals surface area (Å²) in [5.41, 5.74) is 0. The Morgan fingerprint density at radius 3 is 1.71 bits per heavy atom. The highest BCUT2D eigenvalue weighted by Gasteiger charge is 2.51. The predicted molar refractivity (Wildman–Crippen MR) is 74.2 cm³/mol. The molecule has 0 aromatic heterocycles. The Kier molecular flexibility index (Phi) is 7.11. The van der Waals surface area contributed by atoms with E-state index >= 15 is 0 Å². The first kappa shape index (κ1) is 19.8. The molecule has 0 spiro atoms. The van der Waals surface area contributed by atoms with Crippen molar-refractivity contribution in [1.82, 2.24) is 0 Å². The third-order valence-corrected chi connectivity index (χ3v) is 2.97. The van der Waals surface area contributed by atoms with Crippen molar-refractivity contribution in [1.29, 1.82) is 0 Å². The Morgan fingerprint density at radius 2 is 1.25 bits per heavy atom. The average Bonchev–Trinajstić information content (AvgIpc) is 2.42. The van der Waals surface area contributed by atoms with E-state index in [-0.39, 0.29) is 6.61 Å². The summed E-state index contributed by atoms with van der Waals surface area (Å²) in [5, 5.41) is 10.0. The lowest BCUT2D eigenvalue weighted by Gasteiger charge is -2.42. The fourth-order valence-corrected chi connectivity index (χ4v) is 2.21. The van der Waals surface area contributed by atoms with Crippen LogP contribution in [0.2, 0.25) is 0 Å². The SMILES string of the molecule is CC(=O)OCC1O[C@@H](O)[C@H](OC(C)=O)[C@@H](OC(C)=O)C1OC(C)=O. The summed E-state index contributed by atoms with van der Waals surface area (Å²) < 4.78 is 25.0. The van der Waals surface area contributed by atoms with Crippen LogP contribution in [0.25, 0.3) is 0 Å². The fraction of sp³-hybridized carbons (Fsp3) is 0.714. The Bertz CT molecular complexity index is 502. The van der Waals surface area contributed by atoms with Crippen molar-refractivity contribution in [3.05, 3.63) is 0 Å². The number of hydrogen-bond donors (Lipinski definition) is 1. The molecule has 24 heavy (non-hydrogen) atoms. The number of esters is 4. The lowest BCUT2D eigenvalue weighted by molar-refractivity contribution is -0.296. The molecule has 1 saturated heterocycles. The first-order chi connectivity index (χ1) is 11.1. The summed E-state index contributed by atoms with van der Waals surface area (Å²) in [7, 11) is 0. The Balaban J connectivity index is 3.11. The summed E-state index contributed by atoms with van der Waals surface area (Å²) in [6.07, 6.45) is -6.79. The number of carbonyl (C=O) groups is 4. The van der Waals surface area contributed by atoms with Crippen LogP contribution in [0.4, 0.5) is 0 Å². The van der Waals surface area contributed by atoms with Gasteiger partial charge in [-0.05, 0) is 0 Å². The van der Waals surface area contributed by atoms with Gasteiger partial charge in [-0.25, -0.2) is 0 Å². The highest BCUT2D eigenvalue weighted by molar-refractivity contribution is 5.68. The number of aliphatic hydroxyl groups is 1. The van der Waals surface area contributed by atoms with E-state index < -0.39 is 54.6 Å². The molecule has 1 fully saturated rings. The van der Waals surface area contributed by atoms with E-state index in [0.29, 0.717) is 0 Å². The maximum absolute atomic E-state index is 11.3. The molecule has 1 heterocycles. The van der Waals surface area contributed by atoms with Gasteiger partial charge in [-0.15, -0.1) is 0 Å². The van der Waals surface area contributed by atoms with Crippen molar-refractivity contribution in [2.45, 2.75) is 58.4 Å². The van der Waals surface area contributed by atoms with E-state index in [1.54, 1.807) is 0 Å². The van der Waals surface area contributed by atoms with Crippen molar-refractivity contribution in [2.75, 3.05) is 6.61 Å². The quantitative estimate of drug-likeness (QED) is 0.490. The predicted octanol–water partition coefficient (Wildman–Crippen LogP) is -0.938. The molecule has 0 radical (unpaired) electrons. The number of hydrogen-bond acceptors (Lipinski definition) is 10. The van der Waals surface area contributed by atoms with E-state index in [9.17, 15) is 24.3 Å². The van der Waals surface area contributed by atoms with Crippen LogP contribution >= 0.6 is 0 Å². The van der Waals surface area contributed by atoms with Crippen molar-refractivity contribution in [2.24, 2.45) is 0 Å². The van der Waals surface area contributed by atoms with E-state index in [2.05, 4.69) is 0 Å². The van der Waals surface area contributed by atoms with Gasteiger partial charge in [0, 0.05) is 27.7 Å². The van der Waals surface area contributed by atoms with Crippen LogP contribution in [-0.4, -0.2) is 66.3 Å². The summed E-state index contributed by atoms with van der Waals surface area (Å²) >= 11 is 0. The third-order valence-electron chi connectivity index (χ3n) is 2.97. The first-order valence-electron chi connectivity index (χ1n) is 7.10. The van der Waals surface area contributed by atoms with Gasteiger partial charge in [0.1, 0.15) is 12.7 Å². The van der Waals surface area contributed by atoms with E-state index in [0.717, 1.165) is 27.7 Å². The monoisotopic (exact) mass is 348 g/mol. The molecular formula is C14H20O10. The Morgan fingerprint density at radius 1 is 0.792 bits per heavy atom. The second-order valence-corrected chi connectivity index (χ2v) is 5.09. The molecule has 10 nitrogen and oxygen atoms in total. The van der Waals surface area contributed by atoms with Crippen molar-refractivity contribution < 1.29 is 48.0 Å². The molecule has 2 unspecified atom stereocenters. The summed E-state index contributed by atoms with van der Waals surface area (Å²) in [4.78, 5) is 44.9. The Hall–Kier alpha value is -2.20. The van der Waals surface area contributed by atoms with Crippen LogP contribution in [0.1, 0.15) is 27.7 Å². The zero-order chi connectivity index (χ0) is 18.4. The van der Waals surface area contributed by atoms with Gasteiger partial charge in [0.25, 0.3) is 0 Å². The van der Waals surface area contributed by atoms with Crippen LogP contribution in [0, 0.1) is 0 Å². The lowest BCUT2D eigenvalue weighted by atomic mass is 9.98. The van der Waals surface area contributed by atoms with Gasteiger partial charge in [0.2, 0.25) is 0 Å². The second-order valence-electron chi connectivity index (χ2n) is 5.09. The summed E-state index contributed by atoms with van der Waals surface area (Å²) in [5.74, 6) is -2.87. The molecule has 0 aliphatic carbocycles. The summed E-state index contributed by atoms with van der Waals surface area (Å²) in [6.45, 7) is 4.09. The molecule has 5 atom stereocenters. The van der Waals surface area contributed by atoms with E-state index in [1.165, 1.54) is 0 Å². The third kappa shape index (κ3) is 5.78. The molecule has 136 valence electrons. The van der Waals surface area contributed by atoms with Crippen molar-refractivity contribution in [3.63, 3.8) is 0 Å². The molecule has 10 heteroatoms. The van der Waals surface area contributed by atoms with Crippen molar-refractivity contribution in [3.8, 4) is 0 Å². The lowest BCUT2D eigenvalue weighted by Crippen LogP contribution is -2.62. The molecule has 1 aliphatic rings. The minimum atomic E-state index is -1.68. The number of carbonyl (C=O) groups excluding carboxylic acids is 4. The molecule has 1 rings (SSSR count). The van der Waals surface area contributed by atoms with Gasteiger partial charge < -0.3 is 28.8 Å². The standard InChI is InChI=1S/C14H20O10/c1-6(15)20-5-10-11(21-7(2)16)12(22-8(3)17)13(14(19)24-10)23-9(4)18/h10-14,19H,5H2,1-4H3/t10?,11?,12-,13+,14+/m0/s1. The van der Waals surface area contributed by atoms with Gasteiger partial charge in [-0.2, -0.15) is 0 Å². The normalized spacial score (nSPS) is 29.3. The Labute approximate surface area is 137 Å². The highest BCUT2D eigenvalue weighted by atomic mass is 16.7. The number of ether oxygens (including phenoxy) is 5. The molecule has 1 N–H and O–H groups in total. The van der Waals surface area contributed by atoms with Crippen LogP contribution in [0.15, 0.2) is 0 Å². The first-order valence-corrected chi connectivity index (χ1v) is 7.10. The van der Waals surface area contributed by atoms with E-state index in [4.69, 9.17) is 23.7 Å². The molecule has 0 aromatic rings. The molecule has 0 bridgehead atoms. The van der Waals surface area contributed by atoms with Crippen LogP contribution in [-0.2, 0) is 42.9 Å². The van der Waals surface area contributed by atoms with Gasteiger partial charge >= 0.3 is 23.9 Å². The zero-order valence-corrected chi connectivity index (χ0v) is 13.7. The number of rotatable bonds is 5. The maximum Gasteiger partial charge on any atom is 0.303 e. The summed E-state index contributed by atoms with van der Waals surface area (Å²) in [6, 6.07) is 0. The van der Waals surface area contributed by atoms with Gasteiger partial charge in [0.15, 0.2) is 24.6 Å². The van der Waals surface area contributed by atoms with Crippen LogP contribution in [0.5, 0.6) is 0 Å². The molecule has 0 aromatic carbocycles. The van der Waals surface area contributed by atoms with Gasteiger partial charge in [-0.1, -0.05) is 0 Å². The minimum Gasteiger partial charge on any atom is -0.463 e. The molecule has 1 aliphatic heterocycles. The molecule has 0 amide bonds. The number of aliphatic hydroxyl groups excluding tert-OH is 1.